The highest BCUT2D eigenvalue weighted by Crippen LogP contribution is 2.39. The molecular weight excluding hydrogens is 366 g/mol. The number of hydrogen-bond acceptors (Lipinski definition) is 3. The Morgan fingerprint density at radius 2 is 1.88 bits per heavy atom. The average Bonchev–Trinajstić information content (AvgIpc) is 3.32. The lowest BCUT2D eigenvalue weighted by Crippen LogP contribution is -2.41. The standard InChI is InChI=1S/C19H24BrN3O/c1-12-10-14-16(15(20)11-12)21-18(23(17(14)24)13-4-5-13)22-8-6-19(2,3)7-9-22/h10-11,13H,4-9H2,1-3H3. The van der Waals surface area contributed by atoms with Crippen molar-refractivity contribution < 1.29 is 0 Å². The molecule has 0 atom stereocenters. The number of aryl methyl sites for hydroxylation is 1. The largest absolute Gasteiger partial charge is 0.342 e. The molecular formula is C19H24BrN3O. The fraction of sp³-hybridized carbons (Fsp3) is 0.579. The Bertz CT molecular complexity index is 857. The van der Waals surface area contributed by atoms with Crippen LogP contribution in [0, 0.1) is 12.3 Å². The van der Waals surface area contributed by atoms with Crippen molar-refractivity contribution in [2.45, 2.75) is 52.5 Å². The van der Waals surface area contributed by atoms with Crippen molar-refractivity contribution in [3.05, 3.63) is 32.5 Å². The molecule has 5 heteroatoms. The van der Waals surface area contributed by atoms with Gasteiger partial charge in [0.25, 0.3) is 5.56 Å². The summed E-state index contributed by atoms with van der Waals surface area (Å²) in [5.74, 6) is 0.870. The molecule has 128 valence electrons. The number of aromatic nitrogens is 2. The van der Waals surface area contributed by atoms with Crippen LogP contribution in [0.4, 0.5) is 5.95 Å². The van der Waals surface area contributed by atoms with E-state index in [0.717, 1.165) is 65.7 Å². The third-order valence-electron chi connectivity index (χ3n) is 5.40. The zero-order valence-corrected chi connectivity index (χ0v) is 16.2. The minimum atomic E-state index is 0.117. The van der Waals surface area contributed by atoms with E-state index in [1.165, 1.54) is 0 Å². The number of nitrogens with zero attached hydrogens (tertiary/aromatic N) is 3. The van der Waals surface area contributed by atoms with E-state index in [9.17, 15) is 4.79 Å². The van der Waals surface area contributed by atoms with E-state index in [2.05, 4.69) is 34.7 Å². The monoisotopic (exact) mass is 389 g/mol. The molecule has 0 spiro atoms. The first-order valence-electron chi connectivity index (χ1n) is 8.83. The van der Waals surface area contributed by atoms with Crippen LogP contribution in [0.5, 0.6) is 0 Å². The minimum Gasteiger partial charge on any atom is -0.342 e. The second-order valence-electron chi connectivity index (χ2n) is 8.11. The molecule has 2 fully saturated rings. The van der Waals surface area contributed by atoms with Crippen molar-refractivity contribution in [2.24, 2.45) is 5.41 Å². The molecule has 1 saturated heterocycles. The van der Waals surface area contributed by atoms with Crippen molar-refractivity contribution in [1.29, 1.82) is 0 Å². The quantitative estimate of drug-likeness (QED) is 0.762. The summed E-state index contributed by atoms with van der Waals surface area (Å²) in [6.45, 7) is 8.62. The van der Waals surface area contributed by atoms with Crippen LogP contribution in [0.1, 0.15) is 51.1 Å². The first-order valence-corrected chi connectivity index (χ1v) is 9.62. The molecule has 2 heterocycles. The molecule has 1 aromatic carbocycles. The lowest BCUT2D eigenvalue weighted by atomic mass is 9.83. The SMILES string of the molecule is Cc1cc(Br)c2nc(N3CCC(C)(C)CC3)n(C3CC3)c(=O)c2c1. The van der Waals surface area contributed by atoms with Gasteiger partial charge in [0.1, 0.15) is 0 Å². The maximum Gasteiger partial charge on any atom is 0.263 e. The average molecular weight is 390 g/mol. The van der Waals surface area contributed by atoms with Crippen molar-refractivity contribution in [2.75, 3.05) is 18.0 Å². The molecule has 0 unspecified atom stereocenters. The van der Waals surface area contributed by atoms with Gasteiger partial charge in [0.15, 0.2) is 0 Å². The molecule has 1 aliphatic heterocycles. The molecule has 4 nitrogen and oxygen atoms in total. The van der Waals surface area contributed by atoms with Crippen LogP contribution in [-0.2, 0) is 0 Å². The van der Waals surface area contributed by atoms with Crippen LogP contribution >= 0.6 is 15.9 Å². The Balaban J connectivity index is 1.88. The topological polar surface area (TPSA) is 38.1 Å². The number of rotatable bonds is 2. The van der Waals surface area contributed by atoms with Gasteiger partial charge in [-0.1, -0.05) is 13.8 Å². The third-order valence-corrected chi connectivity index (χ3v) is 6.00. The lowest BCUT2D eigenvalue weighted by molar-refractivity contribution is 0.277. The Labute approximate surface area is 151 Å². The second kappa shape index (κ2) is 5.58. The summed E-state index contributed by atoms with van der Waals surface area (Å²) in [6.07, 6.45) is 4.46. The van der Waals surface area contributed by atoms with E-state index >= 15 is 0 Å². The van der Waals surface area contributed by atoms with Crippen molar-refractivity contribution in [1.82, 2.24) is 9.55 Å². The highest BCUT2D eigenvalue weighted by Gasteiger charge is 2.33. The van der Waals surface area contributed by atoms with Gasteiger partial charge in [-0.15, -0.1) is 0 Å². The van der Waals surface area contributed by atoms with E-state index in [4.69, 9.17) is 4.98 Å². The molecule has 1 aromatic heterocycles. The Morgan fingerprint density at radius 1 is 1.21 bits per heavy atom. The molecule has 0 bridgehead atoms. The van der Waals surface area contributed by atoms with E-state index in [0.29, 0.717) is 11.5 Å². The Kier molecular flexibility index (Phi) is 3.75. The van der Waals surface area contributed by atoms with Crippen LogP contribution in [-0.4, -0.2) is 22.6 Å². The molecule has 0 radical (unpaired) electrons. The number of fused-ring (bicyclic) bond motifs is 1. The van der Waals surface area contributed by atoms with Gasteiger partial charge in [-0.25, -0.2) is 4.98 Å². The molecule has 1 aliphatic carbocycles. The summed E-state index contributed by atoms with van der Waals surface area (Å²) in [5, 5.41) is 0.731. The van der Waals surface area contributed by atoms with Crippen LogP contribution in [0.3, 0.4) is 0 Å². The smallest absolute Gasteiger partial charge is 0.263 e. The molecule has 0 amide bonds. The van der Waals surface area contributed by atoms with E-state index < -0.39 is 0 Å². The van der Waals surface area contributed by atoms with Gasteiger partial charge in [-0.05, 0) is 71.6 Å². The number of anilines is 1. The highest BCUT2D eigenvalue weighted by atomic mass is 79.9. The number of piperidine rings is 1. The van der Waals surface area contributed by atoms with Crippen molar-refractivity contribution in [3.8, 4) is 0 Å². The predicted octanol–water partition coefficient (Wildman–Crippen LogP) is 4.43. The molecule has 2 aliphatic rings. The fourth-order valence-corrected chi connectivity index (χ4v) is 4.25. The number of benzene rings is 1. The van der Waals surface area contributed by atoms with Gasteiger partial charge < -0.3 is 4.90 Å². The van der Waals surface area contributed by atoms with Gasteiger partial charge >= 0.3 is 0 Å². The van der Waals surface area contributed by atoms with Gasteiger partial charge in [0.05, 0.1) is 10.9 Å². The molecule has 4 rings (SSSR count). The van der Waals surface area contributed by atoms with Gasteiger partial charge in [-0.2, -0.15) is 0 Å². The van der Waals surface area contributed by atoms with E-state index in [1.807, 2.05) is 23.6 Å². The van der Waals surface area contributed by atoms with Gasteiger partial charge in [0.2, 0.25) is 5.95 Å². The molecule has 24 heavy (non-hydrogen) atoms. The maximum absolute atomic E-state index is 13.2. The molecule has 2 aromatic rings. The van der Waals surface area contributed by atoms with Crippen LogP contribution in [0.15, 0.2) is 21.4 Å². The predicted molar refractivity (Wildman–Crippen MR) is 102 cm³/mol. The first kappa shape index (κ1) is 16.1. The molecule has 1 saturated carbocycles. The minimum absolute atomic E-state index is 0.117. The summed E-state index contributed by atoms with van der Waals surface area (Å²) >= 11 is 3.61. The normalized spacial score (nSPS) is 20.6. The van der Waals surface area contributed by atoms with Crippen molar-refractivity contribution >= 4 is 32.8 Å². The third kappa shape index (κ3) is 2.77. The maximum atomic E-state index is 13.2. The lowest BCUT2D eigenvalue weighted by Gasteiger charge is -2.38. The summed E-state index contributed by atoms with van der Waals surface area (Å²) < 4.78 is 2.88. The zero-order valence-electron chi connectivity index (χ0n) is 14.6. The van der Waals surface area contributed by atoms with Gasteiger partial charge in [-0.3, -0.25) is 9.36 Å². The fourth-order valence-electron chi connectivity index (χ4n) is 3.58. The van der Waals surface area contributed by atoms with Crippen molar-refractivity contribution in [3.63, 3.8) is 0 Å². The summed E-state index contributed by atoms with van der Waals surface area (Å²) in [5.41, 5.74) is 2.38. The Morgan fingerprint density at radius 3 is 2.50 bits per heavy atom. The van der Waals surface area contributed by atoms with Crippen LogP contribution < -0.4 is 10.5 Å². The summed E-state index contributed by atoms with van der Waals surface area (Å²) in [6, 6.07) is 4.34. The number of halogens is 1. The van der Waals surface area contributed by atoms with Crippen LogP contribution in [0.25, 0.3) is 10.9 Å². The Hall–Kier alpha value is -1.36. The first-order chi connectivity index (χ1) is 11.4. The van der Waals surface area contributed by atoms with E-state index in [-0.39, 0.29) is 5.56 Å². The molecule has 0 N–H and O–H groups in total. The summed E-state index contributed by atoms with van der Waals surface area (Å²) in [7, 11) is 0. The van der Waals surface area contributed by atoms with E-state index in [1.54, 1.807) is 0 Å². The highest BCUT2D eigenvalue weighted by molar-refractivity contribution is 9.10. The van der Waals surface area contributed by atoms with Gasteiger partial charge in [0, 0.05) is 23.6 Å². The second-order valence-corrected chi connectivity index (χ2v) is 8.97. The summed E-state index contributed by atoms with van der Waals surface area (Å²) in [4.78, 5) is 20.4. The number of hydrogen-bond donors (Lipinski definition) is 0. The zero-order chi connectivity index (χ0) is 17.1. The van der Waals surface area contributed by atoms with Crippen LogP contribution in [0.2, 0.25) is 0 Å².